The van der Waals surface area contributed by atoms with Crippen molar-refractivity contribution in [1.82, 2.24) is 0 Å². The Kier molecular flexibility index (Phi) is 2.85. The van der Waals surface area contributed by atoms with Crippen LogP contribution in [-0.2, 0) is 0 Å². The Morgan fingerprint density at radius 2 is 2.14 bits per heavy atom. The van der Waals surface area contributed by atoms with E-state index >= 15 is 0 Å². The van der Waals surface area contributed by atoms with E-state index in [0.717, 1.165) is 5.57 Å². The molecule has 36 valence electrons. The lowest BCUT2D eigenvalue weighted by atomic mass is 10.3. The maximum atomic E-state index is 3.41. The fraction of sp³-hybridized carbons (Fsp3) is 0.286. The molecule has 0 aliphatic heterocycles. The summed E-state index contributed by atoms with van der Waals surface area (Å²) in [5.74, 6) is 5.52. The SMILES string of the molecule is C=C=C(C)C#CC. The molecule has 0 saturated heterocycles. The van der Waals surface area contributed by atoms with Gasteiger partial charge in [0.25, 0.3) is 0 Å². The Morgan fingerprint density at radius 3 is 2.29 bits per heavy atom. The van der Waals surface area contributed by atoms with Crippen LogP contribution in [-0.4, -0.2) is 0 Å². The summed E-state index contributed by atoms with van der Waals surface area (Å²) in [5.41, 5.74) is 3.56. The molecule has 0 aliphatic rings. The number of allylic oxidation sites excluding steroid dienone is 1. The molecule has 0 aromatic heterocycles. The first kappa shape index (κ1) is 6.08. The second-order valence-corrected chi connectivity index (χ2v) is 1.18. The number of rotatable bonds is 0. The van der Waals surface area contributed by atoms with Crippen LogP contribution in [0, 0.1) is 11.8 Å². The summed E-state index contributed by atoms with van der Waals surface area (Å²) in [6, 6.07) is 0. The highest BCUT2D eigenvalue weighted by Crippen LogP contribution is 1.80. The minimum atomic E-state index is 0.905. The molecule has 0 amide bonds. The van der Waals surface area contributed by atoms with Gasteiger partial charge in [-0.3, -0.25) is 0 Å². The van der Waals surface area contributed by atoms with E-state index in [4.69, 9.17) is 0 Å². The average molecular weight is 92.1 g/mol. The minimum Gasteiger partial charge on any atom is -0.116 e. The Hall–Kier alpha value is -0.920. The zero-order valence-corrected chi connectivity index (χ0v) is 4.71. The predicted octanol–water partition coefficient (Wildman–Crippen LogP) is 1.74. The first-order chi connectivity index (χ1) is 3.31. The zero-order valence-electron chi connectivity index (χ0n) is 4.71. The van der Waals surface area contributed by atoms with Gasteiger partial charge < -0.3 is 0 Å². The second-order valence-electron chi connectivity index (χ2n) is 1.18. The molecule has 0 unspecified atom stereocenters. The van der Waals surface area contributed by atoms with Gasteiger partial charge in [0.05, 0.1) is 0 Å². The topological polar surface area (TPSA) is 0 Å². The Morgan fingerprint density at radius 1 is 1.57 bits per heavy atom. The summed E-state index contributed by atoms with van der Waals surface area (Å²) in [5, 5.41) is 0. The molecule has 0 nitrogen and oxygen atoms in total. The minimum absolute atomic E-state index is 0.905. The lowest BCUT2D eigenvalue weighted by molar-refractivity contribution is 1.60. The van der Waals surface area contributed by atoms with Crippen molar-refractivity contribution in [3.63, 3.8) is 0 Å². The molecule has 0 heterocycles. The van der Waals surface area contributed by atoms with Gasteiger partial charge in [0, 0.05) is 5.57 Å². The number of hydrogen-bond donors (Lipinski definition) is 0. The maximum absolute atomic E-state index is 3.41. The van der Waals surface area contributed by atoms with Crippen molar-refractivity contribution in [2.45, 2.75) is 13.8 Å². The van der Waals surface area contributed by atoms with Crippen molar-refractivity contribution in [1.29, 1.82) is 0 Å². The summed E-state index contributed by atoms with van der Waals surface area (Å²) in [6.07, 6.45) is 0. The van der Waals surface area contributed by atoms with Gasteiger partial charge in [-0.25, -0.2) is 0 Å². The van der Waals surface area contributed by atoms with Crippen LogP contribution in [0.15, 0.2) is 17.9 Å². The molecule has 0 aliphatic carbocycles. The largest absolute Gasteiger partial charge is 0.116 e. The first-order valence-electron chi connectivity index (χ1n) is 2.10. The van der Waals surface area contributed by atoms with E-state index < -0.39 is 0 Å². The molecule has 0 fully saturated rings. The Labute approximate surface area is 44.5 Å². The monoisotopic (exact) mass is 92.1 g/mol. The van der Waals surface area contributed by atoms with Gasteiger partial charge in [0.2, 0.25) is 0 Å². The standard InChI is InChI=1S/C7H8/c1-4-6-7(3)5-2/h2H2,1,3H3. The van der Waals surface area contributed by atoms with Crippen LogP contribution in [0.2, 0.25) is 0 Å². The molecule has 0 rings (SSSR count). The lowest BCUT2D eigenvalue weighted by Crippen LogP contribution is -1.58. The van der Waals surface area contributed by atoms with Crippen LogP contribution in [0.25, 0.3) is 0 Å². The van der Waals surface area contributed by atoms with Gasteiger partial charge in [-0.15, -0.1) is 11.7 Å². The second kappa shape index (κ2) is 3.28. The molecule has 0 atom stereocenters. The number of hydrogen-bond acceptors (Lipinski definition) is 0. The highest BCUT2D eigenvalue weighted by molar-refractivity contribution is 5.23. The summed E-state index contributed by atoms with van der Waals surface area (Å²) >= 11 is 0. The highest BCUT2D eigenvalue weighted by atomic mass is 13.7. The van der Waals surface area contributed by atoms with Gasteiger partial charge in [-0.1, -0.05) is 12.5 Å². The first-order valence-corrected chi connectivity index (χ1v) is 2.10. The average Bonchev–Trinajstić information content (AvgIpc) is 1.68. The van der Waals surface area contributed by atoms with Gasteiger partial charge in [0.1, 0.15) is 0 Å². The molecular formula is C7H8. The molecule has 7 heavy (non-hydrogen) atoms. The summed E-state index contributed by atoms with van der Waals surface area (Å²) in [4.78, 5) is 0. The van der Waals surface area contributed by atoms with E-state index in [9.17, 15) is 0 Å². The molecule has 0 saturated carbocycles. The van der Waals surface area contributed by atoms with Gasteiger partial charge in [0.15, 0.2) is 0 Å². The lowest BCUT2D eigenvalue weighted by Gasteiger charge is -1.70. The molecule has 0 aromatic carbocycles. The Balaban J connectivity index is 4.02. The third-order valence-electron chi connectivity index (χ3n) is 0.578. The summed E-state index contributed by atoms with van der Waals surface area (Å²) in [7, 11) is 0. The molecule has 0 aromatic rings. The van der Waals surface area contributed by atoms with Crippen molar-refractivity contribution in [3.05, 3.63) is 17.9 Å². The van der Waals surface area contributed by atoms with Crippen LogP contribution in [0.1, 0.15) is 13.8 Å². The third-order valence-corrected chi connectivity index (χ3v) is 0.578. The molecule has 0 radical (unpaired) electrons. The van der Waals surface area contributed by atoms with E-state index in [2.05, 4.69) is 24.2 Å². The van der Waals surface area contributed by atoms with Crippen LogP contribution < -0.4 is 0 Å². The molecule has 0 bridgehead atoms. The molecule has 0 N–H and O–H groups in total. The van der Waals surface area contributed by atoms with E-state index in [0.29, 0.717) is 0 Å². The van der Waals surface area contributed by atoms with Crippen molar-refractivity contribution in [2.75, 3.05) is 0 Å². The molecular weight excluding hydrogens is 84.1 g/mol. The van der Waals surface area contributed by atoms with E-state index in [1.807, 2.05) is 6.92 Å². The summed E-state index contributed by atoms with van der Waals surface area (Å²) < 4.78 is 0. The van der Waals surface area contributed by atoms with Crippen molar-refractivity contribution >= 4 is 0 Å². The maximum Gasteiger partial charge on any atom is 0.0400 e. The van der Waals surface area contributed by atoms with Crippen molar-refractivity contribution in [2.24, 2.45) is 0 Å². The van der Waals surface area contributed by atoms with Crippen LogP contribution in [0.4, 0.5) is 0 Å². The van der Waals surface area contributed by atoms with E-state index in [1.165, 1.54) is 0 Å². The predicted molar refractivity (Wildman–Crippen MR) is 31.8 cm³/mol. The van der Waals surface area contributed by atoms with Gasteiger partial charge >= 0.3 is 0 Å². The van der Waals surface area contributed by atoms with Crippen LogP contribution in [0.3, 0.4) is 0 Å². The summed E-state index contributed by atoms with van der Waals surface area (Å²) in [6.45, 7) is 7.09. The normalized spacial score (nSPS) is 5.43. The van der Waals surface area contributed by atoms with Crippen molar-refractivity contribution in [3.8, 4) is 11.8 Å². The van der Waals surface area contributed by atoms with Gasteiger partial charge in [-0.05, 0) is 13.8 Å². The quantitative estimate of drug-likeness (QED) is 0.315. The fourth-order valence-electron chi connectivity index (χ4n) is 0.232. The molecule has 0 spiro atoms. The van der Waals surface area contributed by atoms with Crippen LogP contribution in [0.5, 0.6) is 0 Å². The Bertz CT molecular complexity index is 147. The van der Waals surface area contributed by atoms with E-state index in [-0.39, 0.29) is 0 Å². The smallest absolute Gasteiger partial charge is 0.0400 e. The van der Waals surface area contributed by atoms with Gasteiger partial charge in [-0.2, -0.15) is 0 Å². The third kappa shape index (κ3) is 2.89. The fourth-order valence-corrected chi connectivity index (χ4v) is 0.232. The highest BCUT2D eigenvalue weighted by Gasteiger charge is 1.67. The van der Waals surface area contributed by atoms with Crippen LogP contribution >= 0.6 is 0 Å². The zero-order chi connectivity index (χ0) is 5.70. The van der Waals surface area contributed by atoms with Crippen molar-refractivity contribution < 1.29 is 0 Å². The molecule has 0 heteroatoms. The van der Waals surface area contributed by atoms with E-state index in [1.54, 1.807) is 6.92 Å².